The van der Waals surface area contributed by atoms with E-state index >= 15 is 0 Å². The van der Waals surface area contributed by atoms with Gasteiger partial charge in [-0.1, -0.05) is 17.7 Å². The number of para-hydroxylation sites is 1. The Kier molecular flexibility index (Phi) is 4.44. The summed E-state index contributed by atoms with van der Waals surface area (Å²) in [6.07, 6.45) is 0. The molecule has 1 rings (SSSR count). The zero-order chi connectivity index (χ0) is 12.2. The molecular formula is C12H18ClNO2. The van der Waals surface area contributed by atoms with Crippen molar-refractivity contribution in [3.05, 3.63) is 23.2 Å². The van der Waals surface area contributed by atoms with E-state index in [1.165, 1.54) is 0 Å². The van der Waals surface area contributed by atoms with Gasteiger partial charge < -0.3 is 15.2 Å². The number of hydrogen-bond acceptors (Lipinski definition) is 3. The fourth-order valence-electron chi connectivity index (χ4n) is 1.17. The highest BCUT2D eigenvalue weighted by molar-refractivity contribution is 6.32. The molecule has 90 valence electrons. The van der Waals surface area contributed by atoms with Gasteiger partial charge in [0.25, 0.3) is 0 Å². The van der Waals surface area contributed by atoms with E-state index in [1.807, 2.05) is 20.8 Å². The number of ether oxygens (including phenoxy) is 2. The van der Waals surface area contributed by atoms with Crippen molar-refractivity contribution in [3.8, 4) is 5.75 Å². The number of rotatable bonds is 4. The van der Waals surface area contributed by atoms with Crippen LogP contribution in [0.1, 0.15) is 20.8 Å². The third-order valence-electron chi connectivity index (χ3n) is 1.86. The summed E-state index contributed by atoms with van der Waals surface area (Å²) in [4.78, 5) is 0. The molecule has 0 amide bonds. The SMILES string of the molecule is CC(C)(C)OCCOc1c(N)cccc1Cl. The first-order chi connectivity index (χ1) is 7.40. The largest absolute Gasteiger partial charge is 0.487 e. The van der Waals surface area contributed by atoms with E-state index in [2.05, 4.69) is 0 Å². The monoisotopic (exact) mass is 243 g/mol. The highest BCUT2D eigenvalue weighted by Crippen LogP contribution is 2.30. The van der Waals surface area contributed by atoms with E-state index in [9.17, 15) is 0 Å². The average molecular weight is 244 g/mol. The Bertz CT molecular complexity index is 327. The zero-order valence-corrected chi connectivity index (χ0v) is 10.7. The van der Waals surface area contributed by atoms with Crippen LogP contribution in [0.4, 0.5) is 5.69 Å². The van der Waals surface area contributed by atoms with E-state index in [0.29, 0.717) is 29.7 Å². The number of benzene rings is 1. The summed E-state index contributed by atoms with van der Waals surface area (Å²) in [5.74, 6) is 0.529. The van der Waals surface area contributed by atoms with Crippen LogP contribution in [0.15, 0.2) is 18.2 Å². The van der Waals surface area contributed by atoms with Crippen LogP contribution in [0.2, 0.25) is 5.02 Å². The molecular weight excluding hydrogens is 226 g/mol. The minimum absolute atomic E-state index is 0.157. The zero-order valence-electron chi connectivity index (χ0n) is 9.92. The lowest BCUT2D eigenvalue weighted by Gasteiger charge is -2.19. The third kappa shape index (κ3) is 4.29. The number of nitrogen functional groups attached to an aromatic ring is 1. The van der Waals surface area contributed by atoms with Crippen LogP contribution in [0.3, 0.4) is 0 Å². The van der Waals surface area contributed by atoms with Crippen LogP contribution in [-0.4, -0.2) is 18.8 Å². The summed E-state index contributed by atoms with van der Waals surface area (Å²) < 4.78 is 11.0. The summed E-state index contributed by atoms with van der Waals surface area (Å²) in [6, 6.07) is 5.29. The van der Waals surface area contributed by atoms with Gasteiger partial charge in [0.05, 0.1) is 22.9 Å². The second-order valence-corrected chi connectivity index (χ2v) is 4.87. The van der Waals surface area contributed by atoms with E-state index in [4.69, 9.17) is 26.8 Å². The molecule has 0 aliphatic carbocycles. The Morgan fingerprint density at radius 2 is 1.94 bits per heavy atom. The minimum Gasteiger partial charge on any atom is -0.487 e. The Morgan fingerprint density at radius 3 is 2.50 bits per heavy atom. The molecule has 1 aromatic carbocycles. The topological polar surface area (TPSA) is 44.5 Å². The van der Waals surface area contributed by atoms with Crippen LogP contribution < -0.4 is 10.5 Å². The molecule has 1 aromatic rings. The van der Waals surface area contributed by atoms with Gasteiger partial charge >= 0.3 is 0 Å². The molecule has 0 saturated carbocycles. The number of anilines is 1. The minimum atomic E-state index is -0.157. The molecule has 16 heavy (non-hydrogen) atoms. The maximum atomic E-state index is 5.95. The number of nitrogens with two attached hydrogens (primary N) is 1. The number of halogens is 1. The lowest BCUT2D eigenvalue weighted by molar-refractivity contribution is -0.0161. The quantitative estimate of drug-likeness (QED) is 0.653. The van der Waals surface area contributed by atoms with Crippen molar-refractivity contribution in [1.29, 1.82) is 0 Å². The van der Waals surface area contributed by atoms with Gasteiger partial charge in [-0.05, 0) is 32.9 Å². The first-order valence-corrected chi connectivity index (χ1v) is 5.59. The van der Waals surface area contributed by atoms with Crippen molar-refractivity contribution in [2.75, 3.05) is 18.9 Å². The second-order valence-electron chi connectivity index (χ2n) is 4.47. The first kappa shape index (κ1) is 13.1. The van der Waals surface area contributed by atoms with E-state index in [1.54, 1.807) is 18.2 Å². The molecule has 0 aromatic heterocycles. The van der Waals surface area contributed by atoms with Crippen molar-refractivity contribution in [2.24, 2.45) is 0 Å². The Hall–Kier alpha value is -0.930. The standard InChI is InChI=1S/C12H18ClNO2/c1-12(2,3)16-8-7-15-11-9(13)5-4-6-10(11)14/h4-6H,7-8,14H2,1-3H3. The molecule has 3 nitrogen and oxygen atoms in total. The van der Waals surface area contributed by atoms with E-state index < -0.39 is 0 Å². The van der Waals surface area contributed by atoms with E-state index in [-0.39, 0.29) is 5.60 Å². The second kappa shape index (κ2) is 5.41. The van der Waals surface area contributed by atoms with Gasteiger partial charge in [-0.25, -0.2) is 0 Å². The van der Waals surface area contributed by atoms with Crippen molar-refractivity contribution in [3.63, 3.8) is 0 Å². The molecule has 0 aliphatic rings. The normalized spacial score (nSPS) is 11.5. The summed E-state index contributed by atoms with van der Waals surface area (Å²) in [7, 11) is 0. The Labute approximate surface area is 101 Å². The molecule has 0 atom stereocenters. The molecule has 2 N–H and O–H groups in total. The predicted octanol–water partition coefficient (Wildman–Crippen LogP) is 3.12. The fraction of sp³-hybridized carbons (Fsp3) is 0.500. The molecule has 0 aliphatic heterocycles. The van der Waals surface area contributed by atoms with Crippen LogP contribution in [0.5, 0.6) is 5.75 Å². The van der Waals surface area contributed by atoms with Gasteiger partial charge in [0.1, 0.15) is 6.61 Å². The van der Waals surface area contributed by atoms with E-state index in [0.717, 1.165) is 0 Å². The lowest BCUT2D eigenvalue weighted by atomic mass is 10.2. The summed E-state index contributed by atoms with van der Waals surface area (Å²) in [5, 5.41) is 0.524. The lowest BCUT2D eigenvalue weighted by Crippen LogP contribution is -2.22. The highest BCUT2D eigenvalue weighted by Gasteiger charge is 2.10. The smallest absolute Gasteiger partial charge is 0.160 e. The molecule has 0 spiro atoms. The summed E-state index contributed by atoms with van der Waals surface area (Å²) in [5.41, 5.74) is 6.13. The highest BCUT2D eigenvalue weighted by atomic mass is 35.5. The van der Waals surface area contributed by atoms with Gasteiger partial charge in [-0.3, -0.25) is 0 Å². The average Bonchev–Trinajstić information content (AvgIpc) is 2.14. The Balaban J connectivity index is 2.43. The van der Waals surface area contributed by atoms with Crippen LogP contribution in [0, 0.1) is 0 Å². The molecule has 0 fully saturated rings. The maximum absolute atomic E-state index is 5.95. The molecule has 4 heteroatoms. The molecule has 0 bridgehead atoms. The number of hydrogen-bond donors (Lipinski definition) is 1. The van der Waals surface area contributed by atoms with Gasteiger partial charge in [0.15, 0.2) is 5.75 Å². The molecule has 0 saturated heterocycles. The summed E-state index contributed by atoms with van der Waals surface area (Å²) in [6.45, 7) is 6.93. The Morgan fingerprint density at radius 1 is 1.25 bits per heavy atom. The van der Waals surface area contributed by atoms with Gasteiger partial charge in [-0.2, -0.15) is 0 Å². The van der Waals surface area contributed by atoms with Gasteiger partial charge in [-0.15, -0.1) is 0 Å². The summed E-state index contributed by atoms with van der Waals surface area (Å²) >= 11 is 5.95. The van der Waals surface area contributed by atoms with Crippen molar-refractivity contribution in [2.45, 2.75) is 26.4 Å². The van der Waals surface area contributed by atoms with Crippen molar-refractivity contribution < 1.29 is 9.47 Å². The van der Waals surface area contributed by atoms with Crippen molar-refractivity contribution in [1.82, 2.24) is 0 Å². The predicted molar refractivity (Wildman–Crippen MR) is 67.1 cm³/mol. The van der Waals surface area contributed by atoms with Gasteiger partial charge in [0.2, 0.25) is 0 Å². The van der Waals surface area contributed by atoms with Crippen LogP contribution >= 0.6 is 11.6 Å². The molecule has 0 unspecified atom stereocenters. The molecule has 0 heterocycles. The molecule has 0 radical (unpaired) electrons. The first-order valence-electron chi connectivity index (χ1n) is 5.21. The fourth-order valence-corrected chi connectivity index (χ4v) is 1.41. The maximum Gasteiger partial charge on any atom is 0.160 e. The van der Waals surface area contributed by atoms with Crippen molar-refractivity contribution >= 4 is 17.3 Å². The van der Waals surface area contributed by atoms with Crippen LogP contribution in [-0.2, 0) is 4.74 Å². The third-order valence-corrected chi connectivity index (χ3v) is 2.16. The van der Waals surface area contributed by atoms with Gasteiger partial charge in [0, 0.05) is 0 Å². The van der Waals surface area contributed by atoms with Crippen LogP contribution in [0.25, 0.3) is 0 Å².